The van der Waals surface area contributed by atoms with Crippen molar-refractivity contribution in [3.8, 4) is 10.4 Å². The number of amides is 1. The van der Waals surface area contributed by atoms with E-state index in [1.807, 2.05) is 29.2 Å². The maximum absolute atomic E-state index is 13.9. The quantitative estimate of drug-likeness (QED) is 0.751. The van der Waals surface area contributed by atoms with Crippen LogP contribution in [0.25, 0.3) is 16.5 Å². The molecule has 136 valence electrons. The molecule has 0 spiro atoms. The highest BCUT2D eigenvalue weighted by molar-refractivity contribution is 7.16. The van der Waals surface area contributed by atoms with Crippen molar-refractivity contribution in [1.82, 2.24) is 9.80 Å². The van der Waals surface area contributed by atoms with Crippen molar-refractivity contribution in [3.05, 3.63) is 53.2 Å². The zero-order valence-corrected chi connectivity index (χ0v) is 15.6. The summed E-state index contributed by atoms with van der Waals surface area (Å²) >= 11 is 1.50. The van der Waals surface area contributed by atoms with E-state index in [2.05, 4.69) is 4.90 Å². The van der Waals surface area contributed by atoms with Gasteiger partial charge in [0, 0.05) is 40.5 Å². The smallest absolute Gasteiger partial charge is 0.246 e. The van der Waals surface area contributed by atoms with E-state index in [1.54, 1.807) is 18.2 Å². The van der Waals surface area contributed by atoms with Gasteiger partial charge in [0.2, 0.25) is 5.91 Å². The highest BCUT2D eigenvalue weighted by Gasteiger charge is 2.30. The summed E-state index contributed by atoms with van der Waals surface area (Å²) in [7, 11) is 0. The summed E-state index contributed by atoms with van der Waals surface area (Å²) in [6.45, 7) is 4.04. The van der Waals surface area contributed by atoms with Crippen LogP contribution in [-0.4, -0.2) is 47.9 Å². The summed E-state index contributed by atoms with van der Waals surface area (Å²) in [4.78, 5) is 18.8. The lowest BCUT2D eigenvalue weighted by atomic mass is 10.2. The zero-order chi connectivity index (χ0) is 17.9. The second kappa shape index (κ2) is 7.72. The first-order chi connectivity index (χ1) is 12.7. The molecule has 1 unspecified atom stereocenters. The van der Waals surface area contributed by atoms with E-state index >= 15 is 0 Å². The predicted molar refractivity (Wildman–Crippen MR) is 105 cm³/mol. The van der Waals surface area contributed by atoms with Crippen LogP contribution in [0.5, 0.6) is 0 Å². The van der Waals surface area contributed by atoms with Crippen LogP contribution in [-0.2, 0) is 4.79 Å². The van der Waals surface area contributed by atoms with Crippen molar-refractivity contribution in [2.24, 2.45) is 0 Å². The molecule has 1 aromatic heterocycles. The monoisotopic (exact) mass is 370 g/mol. The van der Waals surface area contributed by atoms with Crippen molar-refractivity contribution in [3.63, 3.8) is 0 Å². The normalized spacial score (nSPS) is 21.1. The molecule has 2 saturated heterocycles. The van der Waals surface area contributed by atoms with Gasteiger partial charge in [-0.1, -0.05) is 18.2 Å². The molecule has 0 radical (unpaired) electrons. The van der Waals surface area contributed by atoms with Gasteiger partial charge in [-0.05, 0) is 56.6 Å². The Hall–Kier alpha value is -1.98. The van der Waals surface area contributed by atoms with Crippen LogP contribution >= 0.6 is 11.3 Å². The molecule has 2 fully saturated rings. The number of likely N-dealkylation sites (tertiary alicyclic amines) is 2. The fourth-order valence-electron chi connectivity index (χ4n) is 3.85. The summed E-state index contributed by atoms with van der Waals surface area (Å²) in [5.41, 5.74) is 0.608. The van der Waals surface area contributed by atoms with Crippen molar-refractivity contribution in [2.75, 3.05) is 26.2 Å². The molecule has 2 aliphatic rings. The second-order valence-electron chi connectivity index (χ2n) is 6.99. The van der Waals surface area contributed by atoms with E-state index in [4.69, 9.17) is 0 Å². The average molecular weight is 370 g/mol. The minimum Gasteiger partial charge on any atom is -0.338 e. The van der Waals surface area contributed by atoms with Gasteiger partial charge in [-0.2, -0.15) is 0 Å². The molecule has 1 aromatic carbocycles. The Morgan fingerprint density at radius 2 is 1.92 bits per heavy atom. The molecule has 5 heteroatoms. The number of hydrogen-bond donors (Lipinski definition) is 0. The molecule has 0 N–H and O–H groups in total. The molecule has 4 rings (SSSR count). The molecule has 0 saturated carbocycles. The predicted octanol–water partition coefficient (Wildman–Crippen LogP) is 4.26. The molecule has 1 atom stereocenters. The van der Waals surface area contributed by atoms with Crippen LogP contribution in [0.3, 0.4) is 0 Å². The second-order valence-corrected chi connectivity index (χ2v) is 8.10. The van der Waals surface area contributed by atoms with E-state index in [1.165, 1.54) is 43.3 Å². The number of halogens is 1. The summed E-state index contributed by atoms with van der Waals surface area (Å²) < 4.78 is 13.9. The highest BCUT2D eigenvalue weighted by atomic mass is 32.1. The zero-order valence-electron chi connectivity index (χ0n) is 14.7. The summed E-state index contributed by atoms with van der Waals surface area (Å²) in [6.07, 6.45) is 7.15. The van der Waals surface area contributed by atoms with Crippen molar-refractivity contribution >= 4 is 23.3 Å². The molecule has 1 amide bonds. The molecular formula is C21H23FN2OS. The van der Waals surface area contributed by atoms with Gasteiger partial charge in [0.05, 0.1) is 0 Å². The summed E-state index contributed by atoms with van der Waals surface area (Å²) in [6, 6.07) is 11.2. The standard InChI is InChI=1S/C21H23FN2OS/c22-19-6-2-1-5-18(19)20-9-7-17(26-20)8-10-21(25)24-14-11-16(15-24)23-12-3-4-13-23/h1-2,5-10,16H,3-4,11-15H2/b10-8+. The number of rotatable bonds is 4. The maximum atomic E-state index is 13.9. The van der Waals surface area contributed by atoms with E-state index in [0.717, 1.165) is 29.3 Å². The van der Waals surface area contributed by atoms with Gasteiger partial charge in [-0.15, -0.1) is 11.3 Å². The Labute approximate surface area is 157 Å². The fourth-order valence-corrected chi connectivity index (χ4v) is 4.79. The van der Waals surface area contributed by atoms with Crippen LogP contribution in [0.2, 0.25) is 0 Å². The molecule has 2 aromatic rings. The van der Waals surface area contributed by atoms with Gasteiger partial charge in [0.15, 0.2) is 0 Å². The molecule has 3 nitrogen and oxygen atoms in total. The number of carbonyl (C=O) groups excluding carboxylic acids is 1. The highest BCUT2D eigenvalue weighted by Crippen LogP contribution is 2.30. The maximum Gasteiger partial charge on any atom is 0.246 e. The Balaban J connectivity index is 1.38. The lowest BCUT2D eigenvalue weighted by molar-refractivity contribution is -0.125. The van der Waals surface area contributed by atoms with Crippen LogP contribution < -0.4 is 0 Å². The number of nitrogens with zero attached hydrogens (tertiary/aromatic N) is 2. The lowest BCUT2D eigenvalue weighted by Crippen LogP contribution is -2.36. The SMILES string of the molecule is O=C(/C=C/c1ccc(-c2ccccc2F)s1)N1CCC(N2CCCC2)C1. The molecule has 26 heavy (non-hydrogen) atoms. The van der Waals surface area contributed by atoms with E-state index < -0.39 is 0 Å². The van der Waals surface area contributed by atoms with Gasteiger partial charge in [0.25, 0.3) is 0 Å². The third-order valence-corrected chi connectivity index (χ3v) is 6.37. The molecule has 2 aliphatic heterocycles. The Bertz CT molecular complexity index is 810. The molecular weight excluding hydrogens is 347 g/mol. The topological polar surface area (TPSA) is 23.6 Å². The first-order valence-corrected chi connectivity index (χ1v) is 10.1. The van der Waals surface area contributed by atoms with Crippen molar-refractivity contribution < 1.29 is 9.18 Å². The number of thiophene rings is 1. The lowest BCUT2D eigenvalue weighted by Gasteiger charge is -2.23. The third-order valence-electron chi connectivity index (χ3n) is 5.29. The van der Waals surface area contributed by atoms with Crippen LogP contribution in [0, 0.1) is 5.82 Å². The summed E-state index contributed by atoms with van der Waals surface area (Å²) in [5, 5.41) is 0. The molecule has 0 bridgehead atoms. The van der Waals surface area contributed by atoms with Crippen molar-refractivity contribution in [1.29, 1.82) is 0 Å². The Morgan fingerprint density at radius 3 is 2.73 bits per heavy atom. The van der Waals surface area contributed by atoms with Gasteiger partial charge in [-0.3, -0.25) is 9.69 Å². The van der Waals surface area contributed by atoms with Crippen molar-refractivity contribution in [2.45, 2.75) is 25.3 Å². The van der Waals surface area contributed by atoms with Gasteiger partial charge in [-0.25, -0.2) is 4.39 Å². The van der Waals surface area contributed by atoms with Crippen LogP contribution in [0.15, 0.2) is 42.5 Å². The summed E-state index contributed by atoms with van der Waals surface area (Å²) in [5.74, 6) is -0.140. The van der Waals surface area contributed by atoms with Gasteiger partial charge in [0.1, 0.15) is 5.82 Å². The van der Waals surface area contributed by atoms with Gasteiger partial charge < -0.3 is 4.90 Å². The first kappa shape index (κ1) is 17.4. The third kappa shape index (κ3) is 3.74. The first-order valence-electron chi connectivity index (χ1n) is 9.26. The molecule has 0 aliphatic carbocycles. The van der Waals surface area contributed by atoms with Crippen LogP contribution in [0.4, 0.5) is 4.39 Å². The van der Waals surface area contributed by atoms with E-state index in [9.17, 15) is 9.18 Å². The van der Waals surface area contributed by atoms with E-state index in [0.29, 0.717) is 11.6 Å². The number of benzene rings is 1. The number of carbonyl (C=O) groups is 1. The minimum absolute atomic E-state index is 0.0764. The fraction of sp³-hybridized carbons (Fsp3) is 0.381. The minimum atomic E-state index is -0.217. The largest absolute Gasteiger partial charge is 0.338 e. The van der Waals surface area contributed by atoms with Gasteiger partial charge >= 0.3 is 0 Å². The average Bonchev–Trinajstić information content (AvgIpc) is 3.40. The van der Waals surface area contributed by atoms with Crippen LogP contribution in [0.1, 0.15) is 24.1 Å². The molecule has 3 heterocycles. The Kier molecular flexibility index (Phi) is 5.18. The number of hydrogen-bond acceptors (Lipinski definition) is 3. The Morgan fingerprint density at radius 1 is 1.12 bits per heavy atom. The van der Waals surface area contributed by atoms with E-state index in [-0.39, 0.29) is 11.7 Å².